The first-order valence-corrected chi connectivity index (χ1v) is 11.8. The fraction of sp³-hybridized carbons (Fsp3) is 0.238. The van der Waals surface area contributed by atoms with E-state index in [1.165, 1.54) is 17.3 Å². The SMILES string of the molecule is Cc1ccc(N=C2S/C(=C/c3cc(I)cc(I)c3O)C(=O)N2CC(C)C)cc1. The summed E-state index contributed by atoms with van der Waals surface area (Å²) in [7, 11) is 0. The normalized spacial score (nSPS) is 17.4. The number of halogens is 2. The van der Waals surface area contributed by atoms with E-state index in [1.807, 2.05) is 43.3 Å². The summed E-state index contributed by atoms with van der Waals surface area (Å²) in [6, 6.07) is 11.7. The van der Waals surface area contributed by atoms with E-state index in [4.69, 9.17) is 4.99 Å². The average molecular weight is 618 g/mol. The second kappa shape index (κ2) is 9.17. The van der Waals surface area contributed by atoms with Crippen LogP contribution in [0.15, 0.2) is 46.3 Å². The van der Waals surface area contributed by atoms with E-state index in [2.05, 4.69) is 59.0 Å². The van der Waals surface area contributed by atoms with E-state index in [0.717, 1.165) is 12.8 Å². The van der Waals surface area contributed by atoms with Gasteiger partial charge in [0.15, 0.2) is 5.17 Å². The van der Waals surface area contributed by atoms with Crippen LogP contribution < -0.4 is 0 Å². The summed E-state index contributed by atoms with van der Waals surface area (Å²) in [5.74, 6) is 0.443. The minimum atomic E-state index is -0.0715. The van der Waals surface area contributed by atoms with Crippen molar-refractivity contribution < 1.29 is 9.90 Å². The van der Waals surface area contributed by atoms with Crippen molar-refractivity contribution >= 4 is 79.8 Å². The van der Waals surface area contributed by atoms with Crippen LogP contribution in [-0.2, 0) is 4.79 Å². The first-order chi connectivity index (χ1) is 13.2. The van der Waals surface area contributed by atoms with Crippen molar-refractivity contribution in [2.75, 3.05) is 6.54 Å². The molecule has 1 fully saturated rings. The number of phenols is 1. The number of aryl methyl sites for hydroxylation is 1. The van der Waals surface area contributed by atoms with Crippen molar-refractivity contribution in [1.29, 1.82) is 0 Å². The number of aliphatic imine (C=N–C) groups is 1. The molecule has 4 nitrogen and oxygen atoms in total. The molecule has 0 bridgehead atoms. The molecule has 2 aromatic carbocycles. The molecule has 1 saturated heterocycles. The second-order valence-corrected chi connectivity index (χ2v) is 10.4. The molecular formula is C21H20I2N2O2S. The van der Waals surface area contributed by atoms with E-state index in [-0.39, 0.29) is 11.7 Å². The zero-order valence-corrected chi connectivity index (χ0v) is 20.9. The molecule has 7 heteroatoms. The molecular weight excluding hydrogens is 598 g/mol. The van der Waals surface area contributed by atoms with Crippen LogP contribution in [0.3, 0.4) is 0 Å². The number of carbonyl (C=O) groups is 1. The van der Waals surface area contributed by atoms with E-state index in [9.17, 15) is 9.90 Å². The van der Waals surface area contributed by atoms with Crippen LogP contribution in [0.1, 0.15) is 25.0 Å². The summed E-state index contributed by atoms with van der Waals surface area (Å²) >= 11 is 5.66. The predicted molar refractivity (Wildman–Crippen MR) is 134 cm³/mol. The molecule has 1 N–H and O–H groups in total. The lowest BCUT2D eigenvalue weighted by atomic mass is 10.1. The van der Waals surface area contributed by atoms with Gasteiger partial charge in [-0.25, -0.2) is 4.99 Å². The number of carbonyl (C=O) groups excluding carboxylic acids is 1. The number of amidine groups is 1. The molecule has 1 amide bonds. The number of hydrogen-bond acceptors (Lipinski definition) is 4. The second-order valence-electron chi connectivity index (χ2n) is 6.98. The highest BCUT2D eigenvalue weighted by molar-refractivity contribution is 14.1. The lowest BCUT2D eigenvalue weighted by Crippen LogP contribution is -2.32. The van der Waals surface area contributed by atoms with Gasteiger partial charge in [-0.2, -0.15) is 0 Å². The van der Waals surface area contributed by atoms with Gasteiger partial charge in [0.25, 0.3) is 5.91 Å². The van der Waals surface area contributed by atoms with Crippen LogP contribution in [-0.4, -0.2) is 27.6 Å². The quantitative estimate of drug-likeness (QED) is 0.330. The largest absolute Gasteiger partial charge is 0.506 e. The molecule has 3 rings (SSSR count). The van der Waals surface area contributed by atoms with E-state index >= 15 is 0 Å². The molecule has 1 aliphatic rings. The van der Waals surface area contributed by atoms with E-state index < -0.39 is 0 Å². The zero-order valence-electron chi connectivity index (χ0n) is 15.7. The molecule has 1 heterocycles. The Labute approximate surface area is 196 Å². The van der Waals surface area contributed by atoms with Gasteiger partial charge in [-0.1, -0.05) is 31.5 Å². The Balaban J connectivity index is 2.01. The van der Waals surface area contributed by atoms with Gasteiger partial charge >= 0.3 is 0 Å². The Hall–Kier alpha value is -1.07. The molecule has 0 aromatic heterocycles. The molecule has 1 aliphatic heterocycles. The molecule has 2 aromatic rings. The van der Waals surface area contributed by atoms with Crippen LogP contribution in [0, 0.1) is 20.0 Å². The highest BCUT2D eigenvalue weighted by Crippen LogP contribution is 2.37. The standard InChI is InChI=1S/C21H20I2N2O2S/c1-12(2)11-25-20(27)18(9-14-8-15(22)10-17(23)19(14)26)28-21(25)24-16-6-4-13(3)5-7-16/h4-10,12,26H,11H2,1-3H3/b18-9+,24-21?. The number of nitrogens with zero attached hydrogens (tertiary/aromatic N) is 2. The maximum Gasteiger partial charge on any atom is 0.266 e. The third-order valence-electron chi connectivity index (χ3n) is 4.04. The van der Waals surface area contributed by atoms with Crippen LogP contribution in [0.5, 0.6) is 5.75 Å². The summed E-state index contributed by atoms with van der Waals surface area (Å²) < 4.78 is 1.77. The minimum Gasteiger partial charge on any atom is -0.506 e. The maximum atomic E-state index is 13.1. The van der Waals surface area contributed by atoms with Crippen LogP contribution in [0.2, 0.25) is 0 Å². The third-order valence-corrected chi connectivity index (χ3v) is 6.49. The minimum absolute atomic E-state index is 0.0715. The van der Waals surface area contributed by atoms with Crippen molar-refractivity contribution in [3.8, 4) is 5.75 Å². The number of aromatic hydroxyl groups is 1. The Bertz CT molecular complexity index is 969. The van der Waals surface area contributed by atoms with Crippen LogP contribution in [0.25, 0.3) is 6.08 Å². The summed E-state index contributed by atoms with van der Waals surface area (Å²) in [5.41, 5.74) is 2.64. The predicted octanol–water partition coefficient (Wildman–Crippen LogP) is 6.17. The van der Waals surface area contributed by atoms with Gasteiger partial charge in [-0.15, -0.1) is 0 Å². The van der Waals surface area contributed by atoms with Gasteiger partial charge < -0.3 is 5.11 Å². The zero-order chi connectivity index (χ0) is 20.4. The van der Waals surface area contributed by atoms with Crippen molar-refractivity contribution in [1.82, 2.24) is 4.90 Å². The molecule has 28 heavy (non-hydrogen) atoms. The number of phenolic OH excluding ortho intramolecular Hbond substituents is 1. The lowest BCUT2D eigenvalue weighted by molar-refractivity contribution is -0.122. The fourth-order valence-electron chi connectivity index (χ4n) is 2.68. The summed E-state index contributed by atoms with van der Waals surface area (Å²) in [6.07, 6.45) is 1.76. The smallest absolute Gasteiger partial charge is 0.266 e. The third kappa shape index (κ3) is 5.10. The highest BCUT2D eigenvalue weighted by Gasteiger charge is 2.34. The molecule has 0 saturated carbocycles. The van der Waals surface area contributed by atoms with Gasteiger partial charge in [-0.3, -0.25) is 9.69 Å². The summed E-state index contributed by atoms with van der Waals surface area (Å²) in [5, 5.41) is 11.1. The molecule has 0 spiro atoms. The molecule has 0 unspecified atom stereocenters. The van der Waals surface area contributed by atoms with Gasteiger partial charge in [0.05, 0.1) is 14.2 Å². The van der Waals surface area contributed by atoms with Gasteiger partial charge in [0, 0.05) is 15.7 Å². The van der Waals surface area contributed by atoms with Gasteiger partial charge in [-0.05, 0) is 100 Å². The van der Waals surface area contributed by atoms with Gasteiger partial charge in [0.1, 0.15) is 5.75 Å². The van der Waals surface area contributed by atoms with Crippen molar-refractivity contribution in [3.63, 3.8) is 0 Å². The summed E-state index contributed by atoms with van der Waals surface area (Å²) in [6.45, 7) is 6.79. The van der Waals surface area contributed by atoms with E-state index in [1.54, 1.807) is 11.0 Å². The first kappa shape index (κ1) is 21.6. The van der Waals surface area contributed by atoms with Crippen molar-refractivity contribution in [2.24, 2.45) is 10.9 Å². The Kier molecular flexibility index (Phi) is 7.08. The molecule has 0 atom stereocenters. The molecule has 0 aliphatic carbocycles. The fourth-order valence-corrected chi connectivity index (χ4v) is 5.57. The van der Waals surface area contributed by atoms with Gasteiger partial charge in [0.2, 0.25) is 0 Å². The Morgan fingerprint density at radius 2 is 1.89 bits per heavy atom. The average Bonchev–Trinajstić information content (AvgIpc) is 2.89. The number of hydrogen-bond donors (Lipinski definition) is 1. The van der Waals surface area contributed by atoms with Crippen LogP contribution in [0.4, 0.5) is 5.69 Å². The van der Waals surface area contributed by atoms with Crippen molar-refractivity contribution in [3.05, 3.63) is 59.6 Å². The number of thioether (sulfide) groups is 1. The number of rotatable bonds is 4. The number of amides is 1. The molecule has 0 radical (unpaired) electrons. The topological polar surface area (TPSA) is 52.9 Å². The Morgan fingerprint density at radius 1 is 1.21 bits per heavy atom. The maximum absolute atomic E-state index is 13.1. The first-order valence-electron chi connectivity index (χ1n) is 8.79. The summed E-state index contributed by atoms with van der Waals surface area (Å²) in [4.78, 5) is 20.1. The Morgan fingerprint density at radius 3 is 2.54 bits per heavy atom. The van der Waals surface area contributed by atoms with Crippen molar-refractivity contribution in [2.45, 2.75) is 20.8 Å². The monoisotopic (exact) mass is 618 g/mol. The van der Waals surface area contributed by atoms with Crippen LogP contribution >= 0.6 is 56.9 Å². The van der Waals surface area contributed by atoms with E-state index in [0.29, 0.717) is 28.1 Å². The lowest BCUT2D eigenvalue weighted by Gasteiger charge is -2.17. The molecule has 146 valence electrons. The number of benzene rings is 2. The highest BCUT2D eigenvalue weighted by atomic mass is 127.